The van der Waals surface area contributed by atoms with Gasteiger partial charge in [-0.1, -0.05) is 54.1 Å². The van der Waals surface area contributed by atoms with Gasteiger partial charge in [0.25, 0.3) is 5.91 Å². The van der Waals surface area contributed by atoms with Crippen LogP contribution in [0.25, 0.3) is 11.1 Å². The second-order valence-corrected chi connectivity index (χ2v) is 13.0. The van der Waals surface area contributed by atoms with Gasteiger partial charge in [0.2, 0.25) is 0 Å². The van der Waals surface area contributed by atoms with Crippen LogP contribution in [0.2, 0.25) is 5.02 Å². The van der Waals surface area contributed by atoms with Gasteiger partial charge in [0.05, 0.1) is 5.56 Å². The van der Waals surface area contributed by atoms with Crippen molar-refractivity contribution in [3.63, 3.8) is 0 Å². The molecule has 41 heavy (non-hydrogen) atoms. The van der Waals surface area contributed by atoms with E-state index in [1.54, 1.807) is 6.20 Å². The number of pyridine rings is 1. The Balaban J connectivity index is 1.35. The third kappa shape index (κ3) is 7.48. The molecule has 0 spiro atoms. The molecular formula is C34H40ClN3O3. The minimum absolute atomic E-state index is 0.0503. The summed E-state index contributed by atoms with van der Waals surface area (Å²) in [4.78, 5) is 33.1. The average molecular weight is 574 g/mol. The van der Waals surface area contributed by atoms with E-state index in [1.807, 2.05) is 81.6 Å². The Morgan fingerprint density at radius 1 is 0.976 bits per heavy atom. The quantitative estimate of drug-likeness (QED) is 0.300. The largest absolute Gasteiger partial charge is 0.444 e. The number of aromatic nitrogens is 1. The molecule has 2 fully saturated rings. The zero-order chi connectivity index (χ0) is 29.0. The summed E-state index contributed by atoms with van der Waals surface area (Å²) in [5, 5.41) is 3.71. The monoisotopic (exact) mass is 573 g/mol. The predicted octanol–water partition coefficient (Wildman–Crippen LogP) is 7.66. The van der Waals surface area contributed by atoms with Crippen molar-refractivity contribution in [1.29, 1.82) is 0 Å². The number of halogens is 1. The highest BCUT2D eigenvalue weighted by Gasteiger charge is 2.41. The van der Waals surface area contributed by atoms with E-state index in [0.29, 0.717) is 23.0 Å². The Labute approximate surface area is 248 Å². The van der Waals surface area contributed by atoms with Gasteiger partial charge in [-0.25, -0.2) is 4.79 Å². The van der Waals surface area contributed by atoms with E-state index in [2.05, 4.69) is 21.3 Å². The number of nitrogens with zero attached hydrogens (tertiary/aromatic N) is 2. The normalized spacial score (nSPS) is 20.7. The molecule has 7 heteroatoms. The summed E-state index contributed by atoms with van der Waals surface area (Å²) in [6, 6.07) is 20.1. The lowest BCUT2D eigenvalue weighted by atomic mass is 9.67. The van der Waals surface area contributed by atoms with Crippen molar-refractivity contribution < 1.29 is 14.3 Å². The molecule has 1 N–H and O–H groups in total. The van der Waals surface area contributed by atoms with Gasteiger partial charge in [-0.2, -0.15) is 0 Å². The van der Waals surface area contributed by atoms with Crippen LogP contribution in [-0.4, -0.2) is 46.6 Å². The molecule has 0 bridgehead atoms. The molecule has 2 aliphatic rings. The summed E-state index contributed by atoms with van der Waals surface area (Å²) >= 11 is 6.41. The van der Waals surface area contributed by atoms with Crippen molar-refractivity contribution in [3.8, 4) is 11.1 Å². The fraction of sp³-hybridized carbons (Fsp3) is 0.441. The van der Waals surface area contributed by atoms with Gasteiger partial charge in [0.1, 0.15) is 5.60 Å². The molecule has 6 nitrogen and oxygen atoms in total. The molecule has 3 aromatic rings. The Kier molecular flexibility index (Phi) is 8.69. The van der Waals surface area contributed by atoms with E-state index in [-0.39, 0.29) is 17.4 Å². The standard InChI is InChI=1S/C34H40ClN3O3/c1-33(2,3)41-32(40)37-23-34(28-10-7-11-29(35)19-28)16-14-30(15-17-34)38(22-24-12-13-24)31(39)27-18-26(20-36-21-27)25-8-5-4-6-9-25/h4-11,18-21,24,30H,12-17,22-23H2,1-3H3,(H,37,40)/t30-,34-. The molecule has 0 atom stereocenters. The molecule has 2 aromatic carbocycles. The van der Waals surface area contributed by atoms with E-state index in [0.717, 1.165) is 48.9 Å². The highest BCUT2D eigenvalue weighted by molar-refractivity contribution is 6.30. The molecule has 216 valence electrons. The van der Waals surface area contributed by atoms with Crippen LogP contribution in [0.1, 0.15) is 75.2 Å². The van der Waals surface area contributed by atoms with Gasteiger partial charge in [-0.05, 0) is 94.5 Å². The molecular weight excluding hydrogens is 534 g/mol. The predicted molar refractivity (Wildman–Crippen MR) is 163 cm³/mol. The second kappa shape index (κ2) is 12.2. The number of nitrogens with one attached hydrogen (secondary N) is 1. The van der Waals surface area contributed by atoms with Crippen molar-refractivity contribution >= 4 is 23.6 Å². The van der Waals surface area contributed by atoms with Crippen LogP contribution in [0, 0.1) is 5.92 Å². The number of ether oxygens (including phenoxy) is 1. The first kappa shape index (κ1) is 29.1. The third-order valence-electron chi connectivity index (χ3n) is 8.26. The van der Waals surface area contributed by atoms with E-state index in [1.165, 1.54) is 12.8 Å². The minimum atomic E-state index is -0.568. The van der Waals surface area contributed by atoms with Crippen LogP contribution in [0.5, 0.6) is 0 Å². The smallest absolute Gasteiger partial charge is 0.407 e. The number of carbonyl (C=O) groups is 2. The number of hydrogen-bond acceptors (Lipinski definition) is 4. The lowest BCUT2D eigenvalue weighted by Crippen LogP contribution is -2.50. The van der Waals surface area contributed by atoms with Crippen molar-refractivity contribution in [2.24, 2.45) is 5.92 Å². The van der Waals surface area contributed by atoms with Gasteiger partial charge >= 0.3 is 6.09 Å². The average Bonchev–Trinajstić information content (AvgIpc) is 3.79. The summed E-state index contributed by atoms with van der Waals surface area (Å²) in [7, 11) is 0. The van der Waals surface area contributed by atoms with Crippen LogP contribution in [0.3, 0.4) is 0 Å². The zero-order valence-electron chi connectivity index (χ0n) is 24.2. The summed E-state index contributed by atoms with van der Waals surface area (Å²) in [6.45, 7) is 6.82. The second-order valence-electron chi connectivity index (χ2n) is 12.6. The van der Waals surface area contributed by atoms with Gasteiger partial charge in [0, 0.05) is 47.5 Å². The number of rotatable bonds is 8. The topological polar surface area (TPSA) is 71.5 Å². The molecule has 0 unspecified atom stereocenters. The van der Waals surface area contributed by atoms with E-state index < -0.39 is 11.7 Å². The maximum Gasteiger partial charge on any atom is 0.407 e. The van der Waals surface area contributed by atoms with Crippen LogP contribution in [0.4, 0.5) is 4.79 Å². The minimum Gasteiger partial charge on any atom is -0.444 e. The number of benzene rings is 2. The summed E-state index contributed by atoms with van der Waals surface area (Å²) < 4.78 is 5.53. The van der Waals surface area contributed by atoms with Gasteiger partial charge in [0.15, 0.2) is 0 Å². The van der Waals surface area contributed by atoms with Crippen LogP contribution in [0.15, 0.2) is 73.1 Å². The van der Waals surface area contributed by atoms with Gasteiger partial charge in [-0.3, -0.25) is 9.78 Å². The molecule has 5 rings (SSSR count). The third-order valence-corrected chi connectivity index (χ3v) is 8.50. The summed E-state index contributed by atoms with van der Waals surface area (Å²) in [6.07, 6.45) is 8.76. The maximum absolute atomic E-state index is 14.0. The van der Waals surface area contributed by atoms with E-state index >= 15 is 0 Å². The summed E-state index contributed by atoms with van der Waals surface area (Å²) in [5.74, 6) is 0.618. The van der Waals surface area contributed by atoms with Crippen molar-refractivity contribution in [1.82, 2.24) is 15.2 Å². The molecule has 2 amide bonds. The summed E-state index contributed by atoms with van der Waals surface area (Å²) in [5.41, 5.74) is 2.87. The Hall–Kier alpha value is -3.38. The first-order chi connectivity index (χ1) is 19.6. The molecule has 2 saturated carbocycles. The van der Waals surface area contributed by atoms with Crippen molar-refractivity contribution in [2.45, 2.75) is 76.4 Å². The van der Waals surface area contributed by atoms with Crippen LogP contribution < -0.4 is 5.32 Å². The maximum atomic E-state index is 14.0. The fourth-order valence-electron chi connectivity index (χ4n) is 5.90. The Morgan fingerprint density at radius 2 is 1.71 bits per heavy atom. The Bertz CT molecular complexity index is 1360. The molecule has 0 saturated heterocycles. The lowest BCUT2D eigenvalue weighted by molar-refractivity contribution is 0.0486. The first-order valence-corrected chi connectivity index (χ1v) is 15.0. The molecule has 0 radical (unpaired) electrons. The lowest BCUT2D eigenvalue weighted by Gasteiger charge is -2.44. The van der Waals surface area contributed by atoms with Gasteiger partial charge < -0.3 is 15.0 Å². The fourth-order valence-corrected chi connectivity index (χ4v) is 6.09. The SMILES string of the molecule is CC(C)(C)OC(=O)NC[C@]1(c2cccc(Cl)c2)CC[C@H](N(CC2CC2)C(=O)c2cncc(-c3ccccc3)c2)CC1. The molecule has 0 aliphatic heterocycles. The van der Waals surface area contributed by atoms with E-state index in [4.69, 9.17) is 16.3 Å². The number of carbonyl (C=O) groups excluding carboxylic acids is 2. The zero-order valence-corrected chi connectivity index (χ0v) is 25.0. The van der Waals surface area contributed by atoms with Crippen LogP contribution >= 0.6 is 11.6 Å². The highest BCUT2D eigenvalue weighted by atomic mass is 35.5. The molecule has 1 aromatic heterocycles. The number of amides is 2. The number of hydrogen-bond donors (Lipinski definition) is 1. The van der Waals surface area contributed by atoms with Crippen molar-refractivity contribution in [3.05, 3.63) is 89.2 Å². The van der Waals surface area contributed by atoms with Crippen LogP contribution in [-0.2, 0) is 10.2 Å². The van der Waals surface area contributed by atoms with Crippen molar-refractivity contribution in [2.75, 3.05) is 13.1 Å². The Morgan fingerprint density at radius 3 is 2.37 bits per heavy atom. The molecule has 2 aliphatic carbocycles. The van der Waals surface area contributed by atoms with E-state index in [9.17, 15) is 9.59 Å². The van der Waals surface area contributed by atoms with Gasteiger partial charge in [-0.15, -0.1) is 0 Å². The first-order valence-electron chi connectivity index (χ1n) is 14.7. The highest BCUT2D eigenvalue weighted by Crippen LogP contribution is 2.42. The number of alkyl carbamates (subject to hydrolysis) is 1. The molecule has 1 heterocycles.